The highest BCUT2D eigenvalue weighted by atomic mass is 16.6. The van der Waals surface area contributed by atoms with Crippen molar-refractivity contribution in [2.24, 2.45) is 0 Å². The highest BCUT2D eigenvalue weighted by molar-refractivity contribution is 5.67. The number of nitrogens with zero attached hydrogens (tertiary/aromatic N) is 6. The van der Waals surface area contributed by atoms with Gasteiger partial charge in [-0.05, 0) is 18.9 Å². The fraction of sp³-hybridized carbons (Fsp3) is 0.385. The number of hydrogen-bond donors (Lipinski definition) is 0. The summed E-state index contributed by atoms with van der Waals surface area (Å²) in [5, 5.41) is 26.2. The Morgan fingerprint density at radius 2 is 2.09 bits per heavy atom. The molecule has 3 rings (SSSR count). The van der Waals surface area contributed by atoms with Gasteiger partial charge in [0.1, 0.15) is 18.3 Å². The first-order valence-electron chi connectivity index (χ1n) is 7.08. The summed E-state index contributed by atoms with van der Waals surface area (Å²) in [6.07, 6.45) is 4.80. The molecule has 1 aliphatic rings. The largest absolute Gasteiger partial charge is 0.361 e. The Bertz CT molecular complexity index is 732. The SMILES string of the molecule is O=[N+]([O-])c1ccc(N2CCC[C@H]2Cn2cncn2)c([N+](=O)[O-])c1. The summed E-state index contributed by atoms with van der Waals surface area (Å²) < 4.78 is 1.68. The van der Waals surface area contributed by atoms with E-state index >= 15 is 0 Å². The van der Waals surface area contributed by atoms with Gasteiger partial charge in [0.2, 0.25) is 0 Å². The fourth-order valence-corrected chi connectivity index (χ4v) is 2.90. The zero-order valence-electron chi connectivity index (χ0n) is 12.1. The van der Waals surface area contributed by atoms with E-state index in [0.717, 1.165) is 18.9 Å². The number of nitro benzene ring substituents is 2. The summed E-state index contributed by atoms with van der Waals surface area (Å²) in [7, 11) is 0. The van der Waals surface area contributed by atoms with Gasteiger partial charge in [0.15, 0.2) is 0 Å². The van der Waals surface area contributed by atoms with Gasteiger partial charge < -0.3 is 4.90 Å². The average Bonchev–Trinajstić information content (AvgIpc) is 3.18. The van der Waals surface area contributed by atoms with Crippen LogP contribution in [0.3, 0.4) is 0 Å². The highest BCUT2D eigenvalue weighted by Crippen LogP contribution is 2.36. The Morgan fingerprint density at radius 1 is 1.26 bits per heavy atom. The van der Waals surface area contributed by atoms with Crippen molar-refractivity contribution in [3.8, 4) is 0 Å². The van der Waals surface area contributed by atoms with Gasteiger partial charge in [0.25, 0.3) is 11.4 Å². The smallest absolute Gasteiger partial charge is 0.299 e. The monoisotopic (exact) mass is 318 g/mol. The van der Waals surface area contributed by atoms with Crippen LogP contribution < -0.4 is 4.90 Å². The zero-order chi connectivity index (χ0) is 16.4. The molecular weight excluding hydrogens is 304 g/mol. The maximum atomic E-state index is 11.3. The number of non-ortho nitro benzene ring substituents is 1. The highest BCUT2D eigenvalue weighted by Gasteiger charge is 2.31. The first-order chi connectivity index (χ1) is 11.1. The van der Waals surface area contributed by atoms with Crippen molar-refractivity contribution >= 4 is 17.1 Å². The fourth-order valence-electron chi connectivity index (χ4n) is 2.90. The van der Waals surface area contributed by atoms with Crippen molar-refractivity contribution in [3.63, 3.8) is 0 Å². The van der Waals surface area contributed by atoms with Crippen LogP contribution in [0.25, 0.3) is 0 Å². The second-order valence-electron chi connectivity index (χ2n) is 5.29. The average molecular weight is 318 g/mol. The minimum absolute atomic E-state index is 0.0388. The maximum Gasteiger partial charge on any atom is 0.299 e. The molecule has 1 saturated heterocycles. The molecule has 0 amide bonds. The van der Waals surface area contributed by atoms with E-state index in [-0.39, 0.29) is 17.4 Å². The van der Waals surface area contributed by atoms with E-state index < -0.39 is 9.85 Å². The lowest BCUT2D eigenvalue weighted by Gasteiger charge is -2.26. The molecular formula is C13H14N6O4. The lowest BCUT2D eigenvalue weighted by Crippen LogP contribution is -2.33. The molecule has 23 heavy (non-hydrogen) atoms. The van der Waals surface area contributed by atoms with E-state index in [9.17, 15) is 20.2 Å². The van der Waals surface area contributed by atoms with Crippen LogP contribution in [0.4, 0.5) is 17.1 Å². The molecule has 10 nitrogen and oxygen atoms in total. The molecule has 120 valence electrons. The third-order valence-corrected chi connectivity index (χ3v) is 3.92. The van der Waals surface area contributed by atoms with E-state index in [1.165, 1.54) is 18.5 Å². The normalized spacial score (nSPS) is 17.4. The summed E-state index contributed by atoms with van der Waals surface area (Å²) in [6, 6.07) is 3.81. The van der Waals surface area contributed by atoms with Crippen LogP contribution in [-0.4, -0.2) is 37.2 Å². The van der Waals surface area contributed by atoms with Crippen molar-refractivity contribution in [2.45, 2.75) is 25.4 Å². The Hall–Kier alpha value is -3.04. The quantitative estimate of drug-likeness (QED) is 0.608. The molecule has 1 aromatic heterocycles. The molecule has 2 heterocycles. The number of benzene rings is 1. The molecule has 0 spiro atoms. The Kier molecular flexibility index (Phi) is 3.87. The van der Waals surface area contributed by atoms with Crippen LogP contribution in [0.2, 0.25) is 0 Å². The predicted octanol–water partition coefficient (Wildman–Crippen LogP) is 1.76. The van der Waals surface area contributed by atoms with E-state index in [1.54, 1.807) is 11.0 Å². The Morgan fingerprint density at radius 3 is 2.74 bits per heavy atom. The molecule has 0 aliphatic carbocycles. The molecule has 1 atom stereocenters. The third-order valence-electron chi connectivity index (χ3n) is 3.92. The van der Waals surface area contributed by atoms with Crippen LogP contribution >= 0.6 is 0 Å². The summed E-state index contributed by atoms with van der Waals surface area (Å²) in [6.45, 7) is 1.23. The second-order valence-corrected chi connectivity index (χ2v) is 5.29. The van der Waals surface area contributed by atoms with Crippen molar-refractivity contribution in [2.75, 3.05) is 11.4 Å². The third kappa shape index (κ3) is 2.96. The van der Waals surface area contributed by atoms with Crippen molar-refractivity contribution in [3.05, 3.63) is 51.1 Å². The number of rotatable bonds is 5. The predicted molar refractivity (Wildman–Crippen MR) is 80.1 cm³/mol. The Labute approximate surface area is 130 Å². The van der Waals surface area contributed by atoms with Gasteiger partial charge in [-0.25, -0.2) is 4.98 Å². The number of hydrogen-bond acceptors (Lipinski definition) is 7. The minimum atomic E-state index is -0.631. The maximum absolute atomic E-state index is 11.3. The molecule has 1 fully saturated rings. The Balaban J connectivity index is 1.92. The molecule has 2 aromatic rings. The summed E-state index contributed by atoms with van der Waals surface area (Å²) in [5.41, 5.74) is -0.125. The van der Waals surface area contributed by atoms with Gasteiger partial charge in [0, 0.05) is 18.7 Å². The molecule has 10 heteroatoms. The summed E-state index contributed by atoms with van der Waals surface area (Å²) >= 11 is 0. The van der Waals surface area contributed by atoms with Crippen LogP contribution in [-0.2, 0) is 6.54 Å². The van der Waals surface area contributed by atoms with Gasteiger partial charge in [-0.2, -0.15) is 5.10 Å². The number of nitro groups is 2. The van der Waals surface area contributed by atoms with Crippen LogP contribution in [0.1, 0.15) is 12.8 Å². The van der Waals surface area contributed by atoms with Crippen molar-refractivity contribution in [1.82, 2.24) is 14.8 Å². The van der Waals surface area contributed by atoms with Crippen molar-refractivity contribution < 1.29 is 9.85 Å². The van der Waals surface area contributed by atoms with Gasteiger partial charge in [-0.1, -0.05) is 0 Å². The minimum Gasteiger partial charge on any atom is -0.361 e. The molecule has 0 saturated carbocycles. The van der Waals surface area contributed by atoms with E-state index in [0.29, 0.717) is 18.8 Å². The van der Waals surface area contributed by atoms with Gasteiger partial charge >= 0.3 is 0 Å². The second kappa shape index (κ2) is 5.99. The van der Waals surface area contributed by atoms with Gasteiger partial charge in [-0.3, -0.25) is 24.9 Å². The number of aromatic nitrogens is 3. The zero-order valence-corrected chi connectivity index (χ0v) is 12.1. The van der Waals surface area contributed by atoms with Crippen molar-refractivity contribution in [1.29, 1.82) is 0 Å². The van der Waals surface area contributed by atoms with E-state index in [2.05, 4.69) is 10.1 Å². The van der Waals surface area contributed by atoms with E-state index in [1.807, 2.05) is 4.90 Å². The topological polar surface area (TPSA) is 120 Å². The lowest BCUT2D eigenvalue weighted by atomic mass is 10.2. The molecule has 0 unspecified atom stereocenters. The first-order valence-corrected chi connectivity index (χ1v) is 7.08. The van der Waals surface area contributed by atoms with E-state index in [4.69, 9.17) is 0 Å². The molecule has 1 aromatic carbocycles. The lowest BCUT2D eigenvalue weighted by molar-refractivity contribution is -0.393. The van der Waals surface area contributed by atoms with Gasteiger partial charge in [-0.15, -0.1) is 0 Å². The molecule has 0 N–H and O–H groups in total. The van der Waals surface area contributed by atoms with Crippen LogP contribution in [0.5, 0.6) is 0 Å². The summed E-state index contributed by atoms with van der Waals surface area (Å²) in [4.78, 5) is 26.7. The number of anilines is 1. The first kappa shape index (κ1) is 14.9. The van der Waals surface area contributed by atoms with Crippen LogP contribution in [0, 0.1) is 20.2 Å². The van der Waals surface area contributed by atoms with Gasteiger partial charge in [0.05, 0.1) is 22.5 Å². The summed E-state index contributed by atoms with van der Waals surface area (Å²) in [5.74, 6) is 0. The molecule has 1 aliphatic heterocycles. The molecule has 0 bridgehead atoms. The molecule has 0 radical (unpaired) electrons. The standard InChI is InChI=1S/C13H14N6O4/c20-18(21)10-3-4-12(13(6-10)19(22)23)17-5-1-2-11(17)7-16-9-14-8-15-16/h3-4,6,8-9,11H,1-2,5,7H2/t11-/m0/s1. The van der Waals surface area contributed by atoms with Crippen LogP contribution in [0.15, 0.2) is 30.9 Å².